The van der Waals surface area contributed by atoms with Crippen molar-refractivity contribution in [1.29, 1.82) is 0 Å². The summed E-state index contributed by atoms with van der Waals surface area (Å²) in [4.78, 5) is 17.1. The molecule has 0 N–H and O–H groups in total. The summed E-state index contributed by atoms with van der Waals surface area (Å²) in [5.74, 6) is 1.55. The number of nitrogens with zero attached hydrogens (tertiary/aromatic N) is 2. The molecule has 0 bridgehead atoms. The van der Waals surface area contributed by atoms with E-state index in [2.05, 4.69) is 17.0 Å². The van der Waals surface area contributed by atoms with Gasteiger partial charge >= 0.3 is 0 Å². The number of methoxy groups -OCH3 is 2. The molecule has 0 atom stereocenters. The highest BCUT2D eigenvalue weighted by molar-refractivity contribution is 6.00. The van der Waals surface area contributed by atoms with Crippen LogP contribution in [0.4, 0.5) is 5.69 Å². The molecule has 1 heterocycles. The van der Waals surface area contributed by atoms with Crippen molar-refractivity contribution in [2.75, 3.05) is 32.7 Å². The molecule has 26 heavy (non-hydrogen) atoms. The van der Waals surface area contributed by atoms with Crippen molar-refractivity contribution >= 4 is 11.6 Å². The van der Waals surface area contributed by atoms with Crippen molar-refractivity contribution in [1.82, 2.24) is 4.90 Å². The van der Waals surface area contributed by atoms with E-state index in [1.165, 1.54) is 0 Å². The van der Waals surface area contributed by atoms with Crippen LogP contribution in [0.2, 0.25) is 0 Å². The highest BCUT2D eigenvalue weighted by Gasteiger charge is 2.51. The molecule has 1 amide bonds. The molecule has 2 aromatic rings. The van der Waals surface area contributed by atoms with E-state index in [9.17, 15) is 4.79 Å². The number of ether oxygens (including phenoxy) is 2. The second-order valence-electron chi connectivity index (χ2n) is 7.18. The molecule has 0 radical (unpaired) electrons. The van der Waals surface area contributed by atoms with E-state index in [-0.39, 0.29) is 11.4 Å². The van der Waals surface area contributed by atoms with Gasteiger partial charge in [-0.1, -0.05) is 18.2 Å². The van der Waals surface area contributed by atoms with E-state index < -0.39 is 0 Å². The van der Waals surface area contributed by atoms with Gasteiger partial charge in [-0.2, -0.15) is 0 Å². The molecule has 1 aliphatic carbocycles. The van der Waals surface area contributed by atoms with E-state index in [4.69, 9.17) is 9.47 Å². The molecule has 0 unspecified atom stereocenters. The van der Waals surface area contributed by atoms with Crippen LogP contribution < -0.4 is 14.4 Å². The molecule has 5 nitrogen and oxygen atoms in total. The SMILES string of the molecule is COc1ccc(CN2c3ccccc3C(=O)N(C)CC23CC3)cc1OC. The monoisotopic (exact) mass is 352 g/mol. The molecule has 2 aromatic carbocycles. The largest absolute Gasteiger partial charge is 0.493 e. The Labute approximate surface area is 154 Å². The lowest BCUT2D eigenvalue weighted by Crippen LogP contribution is -2.43. The summed E-state index contributed by atoms with van der Waals surface area (Å²) in [5, 5.41) is 0. The first kappa shape index (κ1) is 16.8. The number of hydrogen-bond donors (Lipinski definition) is 0. The summed E-state index contributed by atoms with van der Waals surface area (Å²) < 4.78 is 10.8. The van der Waals surface area contributed by atoms with Crippen molar-refractivity contribution in [2.45, 2.75) is 24.9 Å². The molecule has 2 aliphatic rings. The first-order valence-corrected chi connectivity index (χ1v) is 8.91. The lowest BCUT2D eigenvalue weighted by molar-refractivity contribution is 0.0790. The first-order chi connectivity index (χ1) is 12.6. The molecule has 1 fully saturated rings. The predicted octanol–water partition coefficient (Wildman–Crippen LogP) is 3.33. The van der Waals surface area contributed by atoms with Gasteiger partial charge in [0.1, 0.15) is 0 Å². The number of rotatable bonds is 4. The van der Waals surface area contributed by atoms with Gasteiger partial charge in [0.2, 0.25) is 0 Å². The van der Waals surface area contributed by atoms with Crippen LogP contribution in [0.25, 0.3) is 0 Å². The minimum absolute atomic E-state index is 0.0319. The van der Waals surface area contributed by atoms with Crippen LogP contribution in [0, 0.1) is 0 Å². The number of para-hydroxylation sites is 1. The van der Waals surface area contributed by atoms with Gasteiger partial charge in [0.25, 0.3) is 5.91 Å². The molecule has 0 saturated heterocycles. The van der Waals surface area contributed by atoms with Gasteiger partial charge in [-0.3, -0.25) is 4.79 Å². The fourth-order valence-electron chi connectivity index (χ4n) is 3.94. The lowest BCUT2D eigenvalue weighted by Gasteiger charge is -2.34. The first-order valence-electron chi connectivity index (χ1n) is 8.91. The third-order valence-corrected chi connectivity index (χ3v) is 5.49. The standard InChI is InChI=1S/C21H24N2O3/c1-22-14-21(10-11-21)23(17-7-5-4-6-16(17)20(22)24)13-15-8-9-18(25-2)19(12-15)26-3/h4-9,12H,10-11,13-14H2,1-3H3. The number of anilines is 1. The number of benzene rings is 2. The molecule has 1 aliphatic heterocycles. The van der Waals surface area contributed by atoms with Crippen molar-refractivity contribution in [3.05, 3.63) is 53.6 Å². The maximum absolute atomic E-state index is 12.8. The van der Waals surface area contributed by atoms with Gasteiger partial charge in [0, 0.05) is 20.1 Å². The number of amides is 1. The van der Waals surface area contributed by atoms with E-state index in [0.29, 0.717) is 0 Å². The summed E-state index contributed by atoms with van der Waals surface area (Å²) in [6.07, 6.45) is 2.21. The Kier molecular flexibility index (Phi) is 4.02. The highest BCUT2D eigenvalue weighted by Crippen LogP contribution is 2.48. The van der Waals surface area contributed by atoms with E-state index in [0.717, 1.165) is 54.2 Å². The Hall–Kier alpha value is -2.69. The molecular formula is C21H24N2O3. The Morgan fingerprint density at radius 1 is 1.04 bits per heavy atom. The summed E-state index contributed by atoms with van der Waals surface area (Å²) in [6.45, 7) is 1.49. The molecule has 1 saturated carbocycles. The molecular weight excluding hydrogens is 328 g/mol. The highest BCUT2D eigenvalue weighted by atomic mass is 16.5. The van der Waals surface area contributed by atoms with Gasteiger partial charge in [0.15, 0.2) is 11.5 Å². The number of hydrogen-bond acceptors (Lipinski definition) is 4. The molecule has 1 spiro atoms. The minimum Gasteiger partial charge on any atom is -0.493 e. The van der Waals surface area contributed by atoms with Crippen molar-refractivity contribution in [3.8, 4) is 11.5 Å². The summed E-state index contributed by atoms with van der Waals surface area (Å²) in [7, 11) is 5.20. The average Bonchev–Trinajstić information content (AvgIpc) is 3.45. The van der Waals surface area contributed by atoms with Crippen molar-refractivity contribution in [3.63, 3.8) is 0 Å². The summed E-state index contributed by atoms with van der Waals surface area (Å²) in [5.41, 5.74) is 2.97. The van der Waals surface area contributed by atoms with Crippen LogP contribution in [0.1, 0.15) is 28.8 Å². The zero-order valence-corrected chi connectivity index (χ0v) is 15.5. The lowest BCUT2D eigenvalue weighted by atomic mass is 10.1. The maximum atomic E-state index is 12.8. The van der Waals surface area contributed by atoms with E-state index in [1.54, 1.807) is 14.2 Å². The zero-order chi connectivity index (χ0) is 18.3. The van der Waals surface area contributed by atoms with Crippen LogP contribution in [0.15, 0.2) is 42.5 Å². The van der Waals surface area contributed by atoms with Crippen LogP contribution >= 0.6 is 0 Å². The third kappa shape index (κ3) is 2.68. The maximum Gasteiger partial charge on any atom is 0.255 e. The van der Waals surface area contributed by atoms with Crippen LogP contribution in [0.5, 0.6) is 11.5 Å². The van der Waals surface area contributed by atoms with Gasteiger partial charge in [-0.25, -0.2) is 0 Å². The summed E-state index contributed by atoms with van der Waals surface area (Å²) >= 11 is 0. The normalized spacial score (nSPS) is 17.7. The quantitative estimate of drug-likeness (QED) is 0.846. The Morgan fingerprint density at radius 2 is 1.77 bits per heavy atom. The Morgan fingerprint density at radius 3 is 2.46 bits per heavy atom. The van der Waals surface area contributed by atoms with E-state index in [1.807, 2.05) is 42.3 Å². The van der Waals surface area contributed by atoms with E-state index >= 15 is 0 Å². The predicted molar refractivity (Wildman–Crippen MR) is 101 cm³/mol. The zero-order valence-electron chi connectivity index (χ0n) is 15.5. The second kappa shape index (κ2) is 6.24. The number of carbonyl (C=O) groups is 1. The molecule has 136 valence electrons. The van der Waals surface area contributed by atoms with Crippen LogP contribution in [-0.4, -0.2) is 44.2 Å². The molecule has 0 aromatic heterocycles. The fourth-order valence-corrected chi connectivity index (χ4v) is 3.94. The fraction of sp³-hybridized carbons (Fsp3) is 0.381. The van der Waals surface area contributed by atoms with Crippen LogP contribution in [0.3, 0.4) is 0 Å². The van der Waals surface area contributed by atoms with Crippen molar-refractivity contribution < 1.29 is 14.3 Å². The van der Waals surface area contributed by atoms with Gasteiger partial charge in [0.05, 0.1) is 31.0 Å². The number of likely N-dealkylation sites (N-methyl/N-ethyl adjacent to an activating group) is 1. The van der Waals surface area contributed by atoms with Gasteiger partial charge in [-0.05, 0) is 42.7 Å². The topological polar surface area (TPSA) is 42.0 Å². The smallest absolute Gasteiger partial charge is 0.255 e. The Balaban J connectivity index is 1.75. The molecule has 5 heteroatoms. The number of fused-ring (bicyclic) bond motifs is 1. The van der Waals surface area contributed by atoms with Crippen LogP contribution in [-0.2, 0) is 6.54 Å². The number of carbonyl (C=O) groups excluding carboxylic acids is 1. The van der Waals surface area contributed by atoms with Gasteiger partial charge < -0.3 is 19.3 Å². The second-order valence-corrected chi connectivity index (χ2v) is 7.18. The average molecular weight is 352 g/mol. The third-order valence-electron chi connectivity index (χ3n) is 5.49. The molecule has 4 rings (SSSR count). The van der Waals surface area contributed by atoms with Gasteiger partial charge in [-0.15, -0.1) is 0 Å². The summed E-state index contributed by atoms with van der Waals surface area (Å²) in [6, 6.07) is 14.0. The van der Waals surface area contributed by atoms with Crippen molar-refractivity contribution in [2.24, 2.45) is 0 Å². The minimum atomic E-state index is 0.0319. The Bertz CT molecular complexity index is 845.